The standard InChI is InChI=1S/C15H15N3/c1-10-4-5-12-6-15(13-7-17-18(3)9-13)16-8-14(12)11(10)2/h4-9H,1-3H3. The number of aryl methyl sites for hydroxylation is 3. The Kier molecular flexibility index (Phi) is 2.40. The zero-order valence-corrected chi connectivity index (χ0v) is 10.8. The van der Waals surface area contributed by atoms with Crippen LogP contribution in [0.1, 0.15) is 11.1 Å². The van der Waals surface area contributed by atoms with Gasteiger partial charge in [-0.1, -0.05) is 12.1 Å². The van der Waals surface area contributed by atoms with Gasteiger partial charge in [0.25, 0.3) is 0 Å². The van der Waals surface area contributed by atoms with Crippen LogP contribution in [0.3, 0.4) is 0 Å². The van der Waals surface area contributed by atoms with E-state index in [0.29, 0.717) is 0 Å². The Morgan fingerprint density at radius 1 is 1.11 bits per heavy atom. The molecule has 18 heavy (non-hydrogen) atoms. The van der Waals surface area contributed by atoms with E-state index in [0.717, 1.165) is 11.3 Å². The molecule has 3 aromatic rings. The van der Waals surface area contributed by atoms with Crippen LogP contribution < -0.4 is 0 Å². The smallest absolute Gasteiger partial charge is 0.0739 e. The summed E-state index contributed by atoms with van der Waals surface area (Å²) in [5.41, 5.74) is 4.63. The van der Waals surface area contributed by atoms with Crippen LogP contribution in [0, 0.1) is 13.8 Å². The summed E-state index contributed by atoms with van der Waals surface area (Å²) in [6, 6.07) is 6.43. The molecule has 0 unspecified atom stereocenters. The summed E-state index contributed by atoms with van der Waals surface area (Å²) in [4.78, 5) is 4.54. The molecule has 1 aromatic carbocycles. The summed E-state index contributed by atoms with van der Waals surface area (Å²) in [7, 11) is 1.91. The molecule has 0 aliphatic heterocycles. The molecule has 3 heteroatoms. The first kappa shape index (κ1) is 11.0. The van der Waals surface area contributed by atoms with Crippen molar-refractivity contribution in [2.75, 3.05) is 0 Å². The van der Waals surface area contributed by atoms with Crippen molar-refractivity contribution < 1.29 is 0 Å². The number of rotatable bonds is 1. The van der Waals surface area contributed by atoms with Crippen LogP contribution in [0.25, 0.3) is 22.0 Å². The van der Waals surface area contributed by atoms with E-state index in [1.54, 1.807) is 4.68 Å². The van der Waals surface area contributed by atoms with Crippen LogP contribution in [0.15, 0.2) is 36.8 Å². The Labute approximate surface area is 106 Å². The molecular weight excluding hydrogens is 222 g/mol. The number of hydrogen-bond donors (Lipinski definition) is 0. The van der Waals surface area contributed by atoms with E-state index in [1.165, 1.54) is 21.9 Å². The second-order valence-electron chi connectivity index (χ2n) is 4.70. The van der Waals surface area contributed by atoms with Crippen molar-refractivity contribution in [3.63, 3.8) is 0 Å². The molecule has 0 fully saturated rings. The molecule has 0 N–H and O–H groups in total. The highest BCUT2D eigenvalue weighted by Gasteiger charge is 2.05. The van der Waals surface area contributed by atoms with Gasteiger partial charge in [-0.15, -0.1) is 0 Å². The minimum absolute atomic E-state index is 0.971. The van der Waals surface area contributed by atoms with E-state index in [2.05, 4.69) is 42.1 Å². The van der Waals surface area contributed by atoms with Gasteiger partial charge in [-0.25, -0.2) is 0 Å². The Morgan fingerprint density at radius 2 is 1.94 bits per heavy atom. The summed E-state index contributed by atoms with van der Waals surface area (Å²) < 4.78 is 1.79. The summed E-state index contributed by atoms with van der Waals surface area (Å²) in [5, 5.41) is 6.63. The first-order chi connectivity index (χ1) is 8.65. The fourth-order valence-electron chi connectivity index (χ4n) is 2.19. The third-order valence-corrected chi connectivity index (χ3v) is 3.45. The lowest BCUT2D eigenvalue weighted by Gasteiger charge is -2.06. The molecular formula is C15H15N3. The molecule has 0 saturated heterocycles. The Morgan fingerprint density at radius 3 is 2.67 bits per heavy atom. The second kappa shape index (κ2) is 3.95. The lowest BCUT2D eigenvalue weighted by Crippen LogP contribution is -1.88. The Balaban J connectivity index is 2.20. The number of fused-ring (bicyclic) bond motifs is 1. The molecule has 0 amide bonds. The lowest BCUT2D eigenvalue weighted by molar-refractivity contribution is 0.768. The monoisotopic (exact) mass is 237 g/mol. The van der Waals surface area contributed by atoms with Crippen LogP contribution in [0.5, 0.6) is 0 Å². The van der Waals surface area contributed by atoms with Gasteiger partial charge in [0.05, 0.1) is 11.9 Å². The molecule has 0 aliphatic rings. The van der Waals surface area contributed by atoms with Crippen LogP contribution in [-0.4, -0.2) is 14.8 Å². The van der Waals surface area contributed by atoms with Gasteiger partial charge in [-0.05, 0) is 36.4 Å². The predicted molar refractivity (Wildman–Crippen MR) is 73.4 cm³/mol. The summed E-state index contributed by atoms with van der Waals surface area (Å²) in [6.07, 6.45) is 5.78. The maximum absolute atomic E-state index is 4.54. The molecule has 0 bridgehead atoms. The van der Waals surface area contributed by atoms with Gasteiger partial charge in [0, 0.05) is 30.4 Å². The second-order valence-corrected chi connectivity index (χ2v) is 4.70. The zero-order valence-electron chi connectivity index (χ0n) is 10.8. The van der Waals surface area contributed by atoms with Crippen molar-refractivity contribution in [1.82, 2.24) is 14.8 Å². The van der Waals surface area contributed by atoms with E-state index < -0.39 is 0 Å². The first-order valence-electron chi connectivity index (χ1n) is 6.00. The minimum Gasteiger partial charge on any atom is -0.275 e. The van der Waals surface area contributed by atoms with Gasteiger partial charge in [0.15, 0.2) is 0 Å². The Hall–Kier alpha value is -2.16. The van der Waals surface area contributed by atoms with Crippen molar-refractivity contribution >= 4 is 10.8 Å². The summed E-state index contributed by atoms with van der Waals surface area (Å²) >= 11 is 0. The van der Waals surface area contributed by atoms with Crippen LogP contribution in [0.4, 0.5) is 0 Å². The van der Waals surface area contributed by atoms with Crippen molar-refractivity contribution in [2.45, 2.75) is 13.8 Å². The van der Waals surface area contributed by atoms with Gasteiger partial charge in [0.2, 0.25) is 0 Å². The molecule has 0 radical (unpaired) electrons. The number of nitrogens with zero attached hydrogens (tertiary/aromatic N) is 3. The molecule has 0 saturated carbocycles. The largest absolute Gasteiger partial charge is 0.275 e. The molecule has 3 nitrogen and oxygen atoms in total. The van der Waals surface area contributed by atoms with E-state index >= 15 is 0 Å². The minimum atomic E-state index is 0.971. The van der Waals surface area contributed by atoms with E-state index in [9.17, 15) is 0 Å². The number of pyridine rings is 1. The third-order valence-electron chi connectivity index (χ3n) is 3.45. The highest BCUT2D eigenvalue weighted by atomic mass is 15.2. The SMILES string of the molecule is Cc1ccc2cc(-c3cnn(C)c3)ncc2c1C. The van der Waals surface area contributed by atoms with Crippen LogP contribution >= 0.6 is 0 Å². The molecule has 0 aliphatic carbocycles. The average Bonchev–Trinajstić information content (AvgIpc) is 2.80. The van der Waals surface area contributed by atoms with Crippen molar-refractivity contribution in [3.05, 3.63) is 47.9 Å². The van der Waals surface area contributed by atoms with E-state index in [4.69, 9.17) is 0 Å². The van der Waals surface area contributed by atoms with E-state index in [-0.39, 0.29) is 0 Å². The summed E-state index contributed by atoms with van der Waals surface area (Å²) in [6.45, 7) is 4.27. The van der Waals surface area contributed by atoms with Crippen molar-refractivity contribution in [3.8, 4) is 11.3 Å². The van der Waals surface area contributed by atoms with Gasteiger partial charge in [-0.3, -0.25) is 9.67 Å². The lowest BCUT2D eigenvalue weighted by atomic mass is 10.0. The predicted octanol–water partition coefficient (Wildman–Crippen LogP) is 3.25. The fraction of sp³-hybridized carbons (Fsp3) is 0.200. The maximum Gasteiger partial charge on any atom is 0.0739 e. The van der Waals surface area contributed by atoms with Crippen LogP contribution in [0.2, 0.25) is 0 Å². The highest BCUT2D eigenvalue weighted by Crippen LogP contribution is 2.25. The molecule has 0 spiro atoms. The Bertz CT molecular complexity index is 726. The van der Waals surface area contributed by atoms with E-state index in [1.807, 2.05) is 25.6 Å². The highest BCUT2D eigenvalue weighted by molar-refractivity contribution is 5.88. The van der Waals surface area contributed by atoms with Crippen LogP contribution in [-0.2, 0) is 7.05 Å². The van der Waals surface area contributed by atoms with Gasteiger partial charge in [0.1, 0.15) is 0 Å². The molecule has 2 heterocycles. The van der Waals surface area contributed by atoms with Gasteiger partial charge >= 0.3 is 0 Å². The third kappa shape index (κ3) is 1.68. The number of benzene rings is 1. The molecule has 0 atom stereocenters. The van der Waals surface area contributed by atoms with Crippen molar-refractivity contribution in [1.29, 1.82) is 0 Å². The summed E-state index contributed by atoms with van der Waals surface area (Å²) in [5.74, 6) is 0. The van der Waals surface area contributed by atoms with Crippen molar-refractivity contribution in [2.24, 2.45) is 7.05 Å². The number of hydrogen-bond acceptors (Lipinski definition) is 2. The zero-order chi connectivity index (χ0) is 12.7. The molecule has 3 rings (SSSR count). The maximum atomic E-state index is 4.54. The topological polar surface area (TPSA) is 30.7 Å². The van der Waals surface area contributed by atoms with Gasteiger partial charge in [-0.2, -0.15) is 5.10 Å². The number of aromatic nitrogens is 3. The molecule has 90 valence electrons. The average molecular weight is 237 g/mol. The molecule has 2 aromatic heterocycles. The fourth-order valence-corrected chi connectivity index (χ4v) is 2.19. The normalized spacial score (nSPS) is 11.1. The quantitative estimate of drug-likeness (QED) is 0.650. The van der Waals surface area contributed by atoms with Gasteiger partial charge < -0.3 is 0 Å². The first-order valence-corrected chi connectivity index (χ1v) is 6.00.